The monoisotopic (exact) mass is 493 g/mol. The van der Waals surface area contributed by atoms with E-state index in [-0.39, 0.29) is 17.4 Å². The third kappa shape index (κ3) is 6.79. The average molecular weight is 494 g/mol. The number of pyridine rings is 1. The van der Waals surface area contributed by atoms with E-state index in [1.807, 2.05) is 36.7 Å². The van der Waals surface area contributed by atoms with Gasteiger partial charge in [0.15, 0.2) is 0 Å². The number of carboxylic acids is 1. The maximum atomic E-state index is 13.3. The van der Waals surface area contributed by atoms with Crippen LogP contribution in [0.25, 0.3) is 0 Å². The van der Waals surface area contributed by atoms with E-state index in [1.54, 1.807) is 7.11 Å². The molecular weight excluding hydrogens is 463 g/mol. The van der Waals surface area contributed by atoms with Gasteiger partial charge in [-0.3, -0.25) is 14.7 Å². The summed E-state index contributed by atoms with van der Waals surface area (Å²) in [5, 5.41) is 7.12. The summed E-state index contributed by atoms with van der Waals surface area (Å²) in [6.45, 7) is 4.22. The first kappa shape index (κ1) is 26.6. The number of aliphatic carboxylic acids is 1. The number of hydrogen-bond acceptors (Lipinski definition) is 5. The minimum atomic E-state index is -5.08. The highest BCUT2D eigenvalue weighted by molar-refractivity contribution is 5.87. The molecule has 1 unspecified atom stereocenters. The Morgan fingerprint density at radius 3 is 2.37 bits per heavy atom. The van der Waals surface area contributed by atoms with Gasteiger partial charge in [0.25, 0.3) is 0 Å². The van der Waals surface area contributed by atoms with Crippen molar-refractivity contribution < 1.29 is 32.6 Å². The molecule has 2 saturated heterocycles. The normalized spacial score (nSPS) is 19.9. The van der Waals surface area contributed by atoms with Crippen molar-refractivity contribution in [3.05, 3.63) is 66.0 Å². The molecule has 1 aromatic carbocycles. The number of aromatic nitrogens is 1. The highest BCUT2D eigenvalue weighted by atomic mass is 19.4. The van der Waals surface area contributed by atoms with Crippen LogP contribution in [0.1, 0.15) is 36.3 Å². The van der Waals surface area contributed by atoms with Gasteiger partial charge in [-0.25, -0.2) is 4.79 Å². The van der Waals surface area contributed by atoms with Crippen LogP contribution in [0, 0.1) is 0 Å². The van der Waals surface area contributed by atoms with Crippen LogP contribution in [-0.2, 0) is 20.9 Å². The Morgan fingerprint density at radius 1 is 1.17 bits per heavy atom. The molecule has 1 amide bonds. The van der Waals surface area contributed by atoms with Crippen LogP contribution in [0.4, 0.5) is 13.2 Å². The molecule has 1 atom stereocenters. The Bertz CT molecular complexity index is 965. The number of benzene rings is 1. The van der Waals surface area contributed by atoms with Crippen molar-refractivity contribution in [2.24, 2.45) is 0 Å². The van der Waals surface area contributed by atoms with E-state index in [2.05, 4.69) is 33.0 Å². The zero-order chi connectivity index (χ0) is 25.5. The number of carbonyl (C=O) groups excluding carboxylic acids is 1. The van der Waals surface area contributed by atoms with Crippen LogP contribution in [0.5, 0.6) is 0 Å². The van der Waals surface area contributed by atoms with Gasteiger partial charge in [-0.05, 0) is 36.5 Å². The summed E-state index contributed by atoms with van der Waals surface area (Å²) in [7, 11) is 1.71. The first-order chi connectivity index (χ1) is 16.7. The van der Waals surface area contributed by atoms with Gasteiger partial charge in [-0.2, -0.15) is 13.2 Å². The van der Waals surface area contributed by atoms with Crippen LogP contribution in [-0.4, -0.2) is 76.8 Å². The summed E-state index contributed by atoms with van der Waals surface area (Å²) >= 11 is 0. The minimum absolute atomic E-state index is 0.0251. The molecule has 0 radical (unpaired) electrons. The third-order valence-corrected chi connectivity index (χ3v) is 6.60. The summed E-state index contributed by atoms with van der Waals surface area (Å²) in [5.41, 5.74) is 2.35. The lowest BCUT2D eigenvalue weighted by Gasteiger charge is -2.45. The fourth-order valence-electron chi connectivity index (χ4n) is 4.83. The number of amides is 1. The van der Waals surface area contributed by atoms with Crippen LogP contribution in [0.3, 0.4) is 0 Å². The standard InChI is InChI=1S/C23H29N3O2.C2HF3O2/c1-28-15-14-26-22(27)21(20-7-3-2-4-8-20)16-23(26)9-12-25(13-10-23)18-19-6-5-11-24-17-19;3-2(4,5)1(6)7/h2-8,11,17,21H,9-10,12-16,18H2,1H3;(H,6,7). The lowest BCUT2D eigenvalue weighted by molar-refractivity contribution is -0.192. The summed E-state index contributed by atoms with van der Waals surface area (Å²) in [4.78, 5) is 31.0. The molecule has 0 saturated carbocycles. The third-order valence-electron chi connectivity index (χ3n) is 6.60. The van der Waals surface area contributed by atoms with Crippen molar-refractivity contribution in [3.63, 3.8) is 0 Å². The Balaban J connectivity index is 0.000000429. The largest absolute Gasteiger partial charge is 0.490 e. The molecule has 0 bridgehead atoms. The van der Waals surface area contributed by atoms with E-state index in [0.717, 1.165) is 44.5 Å². The number of carboxylic acid groups (broad SMARTS) is 1. The molecule has 1 N–H and O–H groups in total. The number of carbonyl (C=O) groups is 2. The van der Waals surface area contributed by atoms with Gasteiger partial charge in [0.2, 0.25) is 5.91 Å². The molecule has 4 rings (SSSR count). The Hall–Kier alpha value is -2.98. The van der Waals surface area contributed by atoms with E-state index >= 15 is 0 Å². The van der Waals surface area contributed by atoms with Gasteiger partial charge in [0.05, 0.1) is 12.5 Å². The molecule has 2 aliphatic rings. The Kier molecular flexibility index (Phi) is 8.85. The maximum Gasteiger partial charge on any atom is 0.490 e. The number of nitrogens with zero attached hydrogens (tertiary/aromatic N) is 3. The fraction of sp³-hybridized carbons (Fsp3) is 0.480. The molecule has 35 heavy (non-hydrogen) atoms. The van der Waals surface area contributed by atoms with Gasteiger partial charge in [-0.15, -0.1) is 0 Å². The summed E-state index contributed by atoms with van der Waals surface area (Å²) in [5.74, 6) is -2.51. The quantitative estimate of drug-likeness (QED) is 0.661. The molecule has 10 heteroatoms. The van der Waals surface area contributed by atoms with E-state index in [0.29, 0.717) is 13.2 Å². The van der Waals surface area contributed by atoms with E-state index in [1.165, 1.54) is 5.56 Å². The van der Waals surface area contributed by atoms with Crippen LogP contribution in [0.2, 0.25) is 0 Å². The molecule has 2 aromatic rings. The number of likely N-dealkylation sites (tertiary alicyclic amines) is 2. The van der Waals surface area contributed by atoms with Crippen molar-refractivity contribution in [2.45, 2.75) is 43.4 Å². The number of methoxy groups -OCH3 is 1. The molecule has 1 aromatic heterocycles. The number of halogens is 3. The SMILES string of the molecule is COCCN1C(=O)C(c2ccccc2)CC12CCN(Cc1cccnc1)CC2.O=C(O)C(F)(F)F. The maximum absolute atomic E-state index is 13.3. The average Bonchev–Trinajstić information content (AvgIpc) is 3.11. The molecular formula is C25H30F3N3O4. The lowest BCUT2D eigenvalue weighted by atomic mass is 9.81. The fourth-order valence-corrected chi connectivity index (χ4v) is 4.83. The van der Waals surface area contributed by atoms with Crippen molar-refractivity contribution in [1.82, 2.24) is 14.8 Å². The van der Waals surface area contributed by atoms with E-state index in [9.17, 15) is 18.0 Å². The van der Waals surface area contributed by atoms with Crippen LogP contribution < -0.4 is 0 Å². The number of ether oxygens (including phenoxy) is 1. The second kappa shape index (κ2) is 11.6. The number of hydrogen-bond donors (Lipinski definition) is 1. The first-order valence-corrected chi connectivity index (χ1v) is 11.4. The number of piperidine rings is 1. The molecule has 0 aliphatic carbocycles. The predicted molar refractivity (Wildman–Crippen MR) is 123 cm³/mol. The molecule has 3 heterocycles. The van der Waals surface area contributed by atoms with Crippen molar-refractivity contribution in [3.8, 4) is 0 Å². The second-order valence-corrected chi connectivity index (χ2v) is 8.81. The highest BCUT2D eigenvalue weighted by Crippen LogP contribution is 2.45. The molecule has 190 valence electrons. The zero-order valence-electron chi connectivity index (χ0n) is 19.6. The summed E-state index contributed by atoms with van der Waals surface area (Å²) in [6.07, 6.45) is 1.63. The molecule has 2 fully saturated rings. The van der Waals surface area contributed by atoms with Crippen molar-refractivity contribution in [2.75, 3.05) is 33.4 Å². The van der Waals surface area contributed by atoms with E-state index in [4.69, 9.17) is 14.6 Å². The predicted octanol–water partition coefficient (Wildman–Crippen LogP) is 3.71. The van der Waals surface area contributed by atoms with Gasteiger partial charge >= 0.3 is 12.1 Å². The molecule has 1 spiro atoms. The molecule has 7 nitrogen and oxygen atoms in total. The van der Waals surface area contributed by atoms with Gasteiger partial charge in [0, 0.05) is 51.2 Å². The highest BCUT2D eigenvalue weighted by Gasteiger charge is 2.51. The van der Waals surface area contributed by atoms with Crippen LogP contribution >= 0.6 is 0 Å². The zero-order valence-corrected chi connectivity index (χ0v) is 19.6. The van der Waals surface area contributed by atoms with E-state index < -0.39 is 12.1 Å². The topological polar surface area (TPSA) is 83.0 Å². The van der Waals surface area contributed by atoms with Gasteiger partial charge in [-0.1, -0.05) is 36.4 Å². The Labute approximate surface area is 202 Å². The van der Waals surface area contributed by atoms with Gasteiger partial charge < -0.3 is 14.7 Å². The van der Waals surface area contributed by atoms with Gasteiger partial charge in [0.1, 0.15) is 0 Å². The summed E-state index contributed by atoms with van der Waals surface area (Å²) in [6, 6.07) is 14.4. The van der Waals surface area contributed by atoms with Crippen LogP contribution in [0.15, 0.2) is 54.9 Å². The van der Waals surface area contributed by atoms with Crippen molar-refractivity contribution in [1.29, 1.82) is 0 Å². The number of alkyl halides is 3. The second-order valence-electron chi connectivity index (χ2n) is 8.81. The molecule has 2 aliphatic heterocycles. The minimum Gasteiger partial charge on any atom is -0.475 e. The Morgan fingerprint density at radius 2 is 1.83 bits per heavy atom. The smallest absolute Gasteiger partial charge is 0.475 e. The lowest BCUT2D eigenvalue weighted by Crippen LogP contribution is -2.53. The first-order valence-electron chi connectivity index (χ1n) is 11.4. The van der Waals surface area contributed by atoms with Crippen molar-refractivity contribution >= 4 is 11.9 Å². The number of rotatable bonds is 6. The summed E-state index contributed by atoms with van der Waals surface area (Å²) < 4.78 is 37.1.